The van der Waals surface area contributed by atoms with Gasteiger partial charge in [0, 0.05) is 10.4 Å². The smallest absolute Gasteiger partial charge is 0.341 e. The molecule has 1 N–H and O–H groups in total. The van der Waals surface area contributed by atoms with Crippen LogP contribution < -0.4 is 14.8 Å². The molecule has 1 heterocycles. The second-order valence-corrected chi connectivity index (χ2v) is 6.23. The number of methoxy groups -OCH3 is 3. The number of carbonyl (C=O) groups is 2. The molecule has 0 bridgehead atoms. The first-order chi connectivity index (χ1) is 11.4. The van der Waals surface area contributed by atoms with Gasteiger partial charge in [-0.2, -0.15) is 0 Å². The Hall–Kier alpha value is -2.54. The molecule has 0 aliphatic rings. The second kappa shape index (κ2) is 7.35. The van der Waals surface area contributed by atoms with Gasteiger partial charge in [0.15, 0.2) is 11.5 Å². The van der Waals surface area contributed by atoms with Crippen molar-refractivity contribution < 1.29 is 23.8 Å². The second-order valence-electron chi connectivity index (χ2n) is 5.00. The normalized spacial score (nSPS) is 10.2. The van der Waals surface area contributed by atoms with Crippen molar-refractivity contribution in [1.82, 2.24) is 0 Å². The van der Waals surface area contributed by atoms with Gasteiger partial charge in [-0.1, -0.05) is 0 Å². The Morgan fingerprint density at radius 1 is 1.04 bits per heavy atom. The molecule has 0 fully saturated rings. The van der Waals surface area contributed by atoms with Crippen LogP contribution in [0.2, 0.25) is 0 Å². The lowest BCUT2D eigenvalue weighted by atomic mass is 10.1. The van der Waals surface area contributed by atoms with Crippen LogP contribution in [0.1, 0.15) is 31.2 Å². The van der Waals surface area contributed by atoms with Gasteiger partial charge in [-0.3, -0.25) is 4.79 Å². The van der Waals surface area contributed by atoms with Crippen LogP contribution >= 0.6 is 11.3 Å². The number of hydrogen-bond donors (Lipinski definition) is 1. The summed E-state index contributed by atoms with van der Waals surface area (Å²) in [5.41, 5.74) is 1.58. The van der Waals surface area contributed by atoms with Gasteiger partial charge in [-0.15, -0.1) is 11.3 Å². The minimum atomic E-state index is -0.473. The maximum atomic E-state index is 12.5. The third-order valence-electron chi connectivity index (χ3n) is 3.65. The van der Waals surface area contributed by atoms with Crippen LogP contribution in [0.15, 0.2) is 18.2 Å². The van der Waals surface area contributed by atoms with Crippen LogP contribution in [0.25, 0.3) is 0 Å². The molecular formula is C17H19NO5S. The van der Waals surface area contributed by atoms with E-state index in [1.165, 1.54) is 32.7 Å². The highest BCUT2D eigenvalue weighted by molar-refractivity contribution is 7.16. The molecule has 1 aromatic heterocycles. The summed E-state index contributed by atoms with van der Waals surface area (Å²) in [6, 6.07) is 4.86. The van der Waals surface area contributed by atoms with Gasteiger partial charge in [-0.05, 0) is 37.6 Å². The number of ether oxygens (including phenoxy) is 3. The molecule has 24 heavy (non-hydrogen) atoms. The lowest BCUT2D eigenvalue weighted by molar-refractivity contribution is 0.0601. The Kier molecular flexibility index (Phi) is 5.46. The largest absolute Gasteiger partial charge is 0.493 e. The number of hydrogen-bond acceptors (Lipinski definition) is 6. The summed E-state index contributed by atoms with van der Waals surface area (Å²) in [5.74, 6) is 0.172. The van der Waals surface area contributed by atoms with E-state index in [2.05, 4.69) is 5.32 Å². The summed E-state index contributed by atoms with van der Waals surface area (Å²) in [6.07, 6.45) is 0. The van der Waals surface area contributed by atoms with E-state index < -0.39 is 5.97 Å². The first-order valence-electron chi connectivity index (χ1n) is 7.14. The van der Waals surface area contributed by atoms with E-state index in [0.717, 1.165) is 10.4 Å². The summed E-state index contributed by atoms with van der Waals surface area (Å²) >= 11 is 1.34. The third-order valence-corrected chi connectivity index (χ3v) is 4.77. The van der Waals surface area contributed by atoms with Gasteiger partial charge >= 0.3 is 5.97 Å². The van der Waals surface area contributed by atoms with Crippen molar-refractivity contribution in [2.45, 2.75) is 13.8 Å². The van der Waals surface area contributed by atoms with Gasteiger partial charge in [0.2, 0.25) is 0 Å². The summed E-state index contributed by atoms with van der Waals surface area (Å²) in [4.78, 5) is 25.4. The van der Waals surface area contributed by atoms with Gasteiger partial charge in [0.05, 0.1) is 26.9 Å². The number of thiophene rings is 1. The highest BCUT2D eigenvalue weighted by atomic mass is 32.1. The van der Waals surface area contributed by atoms with Crippen molar-refractivity contribution in [2.24, 2.45) is 0 Å². The Balaban J connectivity index is 2.34. The monoisotopic (exact) mass is 349 g/mol. The molecule has 128 valence electrons. The number of esters is 1. The van der Waals surface area contributed by atoms with Crippen LogP contribution in [0, 0.1) is 13.8 Å². The van der Waals surface area contributed by atoms with Crippen molar-refractivity contribution in [1.29, 1.82) is 0 Å². The van der Waals surface area contributed by atoms with Gasteiger partial charge in [0.1, 0.15) is 5.00 Å². The molecule has 6 nitrogen and oxygen atoms in total. The van der Waals surface area contributed by atoms with Crippen molar-refractivity contribution in [3.05, 3.63) is 39.8 Å². The fraction of sp³-hybridized carbons (Fsp3) is 0.294. The Morgan fingerprint density at radius 2 is 1.71 bits per heavy atom. The van der Waals surface area contributed by atoms with Crippen molar-refractivity contribution in [2.75, 3.05) is 26.6 Å². The maximum Gasteiger partial charge on any atom is 0.341 e. The zero-order valence-electron chi connectivity index (χ0n) is 14.2. The summed E-state index contributed by atoms with van der Waals surface area (Å²) in [5, 5.41) is 3.24. The van der Waals surface area contributed by atoms with Gasteiger partial charge in [-0.25, -0.2) is 4.79 Å². The van der Waals surface area contributed by atoms with Crippen LogP contribution in [-0.4, -0.2) is 33.2 Å². The first kappa shape index (κ1) is 17.8. The first-order valence-corrected chi connectivity index (χ1v) is 7.96. The van der Waals surface area contributed by atoms with Crippen LogP contribution in [0.5, 0.6) is 11.5 Å². The van der Waals surface area contributed by atoms with E-state index in [4.69, 9.17) is 14.2 Å². The molecular weight excluding hydrogens is 330 g/mol. The minimum absolute atomic E-state index is 0.345. The third kappa shape index (κ3) is 3.35. The molecule has 0 atom stereocenters. The zero-order valence-corrected chi connectivity index (χ0v) is 15.0. The Bertz CT molecular complexity index is 782. The maximum absolute atomic E-state index is 12.5. The Morgan fingerprint density at radius 3 is 2.29 bits per heavy atom. The average Bonchev–Trinajstić information content (AvgIpc) is 2.87. The molecule has 7 heteroatoms. The predicted molar refractivity (Wildman–Crippen MR) is 92.6 cm³/mol. The molecule has 0 unspecified atom stereocenters. The molecule has 1 aromatic carbocycles. The average molecular weight is 349 g/mol. The summed E-state index contributed by atoms with van der Waals surface area (Å²) in [7, 11) is 4.34. The van der Waals surface area contributed by atoms with Crippen molar-refractivity contribution in [3.63, 3.8) is 0 Å². The molecule has 0 spiro atoms. The molecule has 0 aliphatic carbocycles. The van der Waals surface area contributed by atoms with E-state index in [-0.39, 0.29) is 5.91 Å². The highest BCUT2D eigenvalue weighted by Crippen LogP contribution is 2.34. The number of anilines is 1. The van der Waals surface area contributed by atoms with E-state index in [9.17, 15) is 9.59 Å². The molecule has 0 saturated carbocycles. The quantitative estimate of drug-likeness (QED) is 0.837. The SMILES string of the molecule is COC(=O)c1c(NC(=O)c2ccc(OC)c(OC)c2)sc(C)c1C. The standard InChI is InChI=1S/C17H19NO5S/c1-9-10(2)24-16(14(9)17(20)23-5)18-15(19)11-6-7-12(21-3)13(8-11)22-4/h6-8H,1-5H3,(H,18,19). The number of rotatable bonds is 5. The van der Waals surface area contributed by atoms with Crippen LogP contribution in [0.3, 0.4) is 0 Å². The number of aryl methyl sites for hydroxylation is 1. The van der Waals surface area contributed by atoms with Crippen LogP contribution in [-0.2, 0) is 4.74 Å². The van der Waals surface area contributed by atoms with E-state index in [1.807, 2.05) is 13.8 Å². The topological polar surface area (TPSA) is 73.9 Å². The number of amides is 1. The lowest BCUT2D eigenvalue weighted by Crippen LogP contribution is -2.14. The highest BCUT2D eigenvalue weighted by Gasteiger charge is 2.22. The molecule has 0 aliphatic heterocycles. The molecule has 2 rings (SSSR count). The summed E-state index contributed by atoms with van der Waals surface area (Å²) < 4.78 is 15.2. The van der Waals surface area contributed by atoms with Gasteiger partial charge < -0.3 is 19.5 Å². The van der Waals surface area contributed by atoms with E-state index in [1.54, 1.807) is 18.2 Å². The zero-order chi connectivity index (χ0) is 17.9. The molecule has 2 aromatic rings. The van der Waals surface area contributed by atoms with E-state index in [0.29, 0.717) is 27.6 Å². The fourth-order valence-corrected chi connectivity index (χ4v) is 3.26. The molecule has 1 amide bonds. The minimum Gasteiger partial charge on any atom is -0.493 e. The molecule has 0 saturated heterocycles. The number of carbonyl (C=O) groups excluding carboxylic acids is 2. The molecule has 0 radical (unpaired) electrons. The van der Waals surface area contributed by atoms with Crippen LogP contribution in [0.4, 0.5) is 5.00 Å². The van der Waals surface area contributed by atoms with Crippen molar-refractivity contribution >= 4 is 28.2 Å². The number of nitrogens with one attached hydrogen (secondary N) is 1. The van der Waals surface area contributed by atoms with Gasteiger partial charge in [0.25, 0.3) is 5.91 Å². The number of benzene rings is 1. The predicted octanol–water partition coefficient (Wildman–Crippen LogP) is 3.42. The van der Waals surface area contributed by atoms with E-state index >= 15 is 0 Å². The van der Waals surface area contributed by atoms with Crippen molar-refractivity contribution in [3.8, 4) is 11.5 Å². The fourth-order valence-electron chi connectivity index (χ4n) is 2.22. The summed E-state index contributed by atoms with van der Waals surface area (Å²) in [6.45, 7) is 3.71. The lowest BCUT2D eigenvalue weighted by Gasteiger charge is -2.10. The Labute approximate surface area is 144 Å².